The molecule has 0 spiro atoms. The predicted molar refractivity (Wildman–Crippen MR) is 94.3 cm³/mol. The van der Waals surface area contributed by atoms with Crippen molar-refractivity contribution in [2.45, 2.75) is 58.3 Å². The SMILES string of the molecule is CC(C)CC[C@H](CCN1CCCCC1)c1ccc2c(c1)OCO2. The molecule has 2 aliphatic heterocycles. The van der Waals surface area contributed by atoms with E-state index in [1.807, 2.05) is 0 Å². The van der Waals surface area contributed by atoms with Crippen LogP contribution in [0.3, 0.4) is 0 Å². The van der Waals surface area contributed by atoms with E-state index in [1.54, 1.807) is 0 Å². The summed E-state index contributed by atoms with van der Waals surface area (Å²) in [5.41, 5.74) is 1.42. The first-order chi connectivity index (χ1) is 11.2. The second kappa shape index (κ2) is 8.05. The standard InChI is InChI=1S/C20H31NO2/c1-16(2)6-7-17(10-13-21-11-4-3-5-12-21)18-8-9-19-20(14-18)23-15-22-19/h8-9,14,16-17H,3-7,10-13,15H2,1-2H3/t17-/m1/s1. The molecule has 0 bridgehead atoms. The summed E-state index contributed by atoms with van der Waals surface area (Å²) in [5, 5.41) is 0. The van der Waals surface area contributed by atoms with Gasteiger partial charge in [0.15, 0.2) is 11.5 Å². The van der Waals surface area contributed by atoms with E-state index in [9.17, 15) is 0 Å². The van der Waals surface area contributed by atoms with Crippen LogP contribution in [0.4, 0.5) is 0 Å². The molecule has 0 N–H and O–H groups in total. The Kier molecular flexibility index (Phi) is 5.82. The average molecular weight is 317 g/mol. The fourth-order valence-corrected chi connectivity index (χ4v) is 3.70. The quantitative estimate of drug-likeness (QED) is 0.720. The second-order valence-electron chi connectivity index (χ2n) is 7.47. The zero-order valence-corrected chi connectivity index (χ0v) is 14.7. The molecule has 2 aliphatic rings. The molecule has 23 heavy (non-hydrogen) atoms. The molecule has 0 radical (unpaired) electrons. The molecular weight excluding hydrogens is 286 g/mol. The van der Waals surface area contributed by atoms with Crippen molar-refractivity contribution < 1.29 is 9.47 Å². The topological polar surface area (TPSA) is 21.7 Å². The summed E-state index contributed by atoms with van der Waals surface area (Å²) in [7, 11) is 0. The number of hydrogen-bond donors (Lipinski definition) is 0. The van der Waals surface area contributed by atoms with Gasteiger partial charge in [0.2, 0.25) is 6.79 Å². The summed E-state index contributed by atoms with van der Waals surface area (Å²) in [5.74, 6) is 3.22. The molecule has 0 unspecified atom stereocenters. The lowest BCUT2D eigenvalue weighted by atomic mass is 9.88. The van der Waals surface area contributed by atoms with Gasteiger partial charge < -0.3 is 14.4 Å². The molecule has 1 saturated heterocycles. The highest BCUT2D eigenvalue weighted by Gasteiger charge is 2.20. The average Bonchev–Trinajstić information content (AvgIpc) is 3.03. The maximum absolute atomic E-state index is 5.58. The van der Waals surface area contributed by atoms with E-state index in [0.717, 1.165) is 17.4 Å². The van der Waals surface area contributed by atoms with Gasteiger partial charge in [-0.25, -0.2) is 0 Å². The number of fused-ring (bicyclic) bond motifs is 1. The van der Waals surface area contributed by atoms with Crippen molar-refractivity contribution in [2.24, 2.45) is 5.92 Å². The minimum atomic E-state index is 0.364. The molecular formula is C20H31NO2. The van der Waals surface area contributed by atoms with Gasteiger partial charge in [-0.3, -0.25) is 0 Å². The second-order valence-corrected chi connectivity index (χ2v) is 7.47. The molecule has 2 heterocycles. The highest BCUT2D eigenvalue weighted by Crippen LogP contribution is 2.37. The zero-order valence-electron chi connectivity index (χ0n) is 14.7. The Bertz CT molecular complexity index is 494. The van der Waals surface area contributed by atoms with Crippen LogP contribution in [0, 0.1) is 5.92 Å². The first-order valence-electron chi connectivity index (χ1n) is 9.34. The van der Waals surface area contributed by atoms with Gasteiger partial charge in [-0.1, -0.05) is 32.8 Å². The number of benzene rings is 1. The maximum atomic E-state index is 5.58. The van der Waals surface area contributed by atoms with Crippen molar-refractivity contribution in [3.63, 3.8) is 0 Å². The van der Waals surface area contributed by atoms with Gasteiger partial charge in [0.1, 0.15) is 0 Å². The van der Waals surface area contributed by atoms with E-state index in [0.29, 0.717) is 12.7 Å². The highest BCUT2D eigenvalue weighted by molar-refractivity contribution is 5.45. The van der Waals surface area contributed by atoms with Gasteiger partial charge >= 0.3 is 0 Å². The van der Waals surface area contributed by atoms with Crippen molar-refractivity contribution in [3.05, 3.63) is 23.8 Å². The smallest absolute Gasteiger partial charge is 0.231 e. The molecule has 1 fully saturated rings. The molecule has 128 valence electrons. The van der Waals surface area contributed by atoms with Crippen LogP contribution in [0.15, 0.2) is 18.2 Å². The minimum absolute atomic E-state index is 0.364. The van der Waals surface area contributed by atoms with Crippen LogP contribution in [0.5, 0.6) is 11.5 Å². The van der Waals surface area contributed by atoms with Crippen LogP contribution in [-0.4, -0.2) is 31.3 Å². The van der Waals surface area contributed by atoms with Crippen molar-refractivity contribution in [1.82, 2.24) is 4.90 Å². The Morgan fingerprint density at radius 1 is 0.957 bits per heavy atom. The van der Waals surface area contributed by atoms with Gasteiger partial charge in [0, 0.05) is 0 Å². The van der Waals surface area contributed by atoms with Gasteiger partial charge in [-0.2, -0.15) is 0 Å². The number of likely N-dealkylation sites (tertiary alicyclic amines) is 1. The predicted octanol–water partition coefficient (Wildman–Crippen LogP) is 4.81. The van der Waals surface area contributed by atoms with Crippen LogP contribution >= 0.6 is 0 Å². The lowest BCUT2D eigenvalue weighted by molar-refractivity contribution is 0.174. The molecule has 3 nitrogen and oxygen atoms in total. The number of rotatable bonds is 7. The summed E-state index contributed by atoms with van der Waals surface area (Å²) >= 11 is 0. The summed E-state index contributed by atoms with van der Waals surface area (Å²) in [6.07, 6.45) is 7.98. The van der Waals surface area contributed by atoms with Gasteiger partial charge in [-0.15, -0.1) is 0 Å². The minimum Gasteiger partial charge on any atom is -0.454 e. The Morgan fingerprint density at radius 2 is 1.74 bits per heavy atom. The Balaban J connectivity index is 1.64. The van der Waals surface area contributed by atoms with E-state index < -0.39 is 0 Å². The lowest BCUT2D eigenvalue weighted by Gasteiger charge is -2.28. The molecule has 1 aromatic carbocycles. The van der Waals surface area contributed by atoms with Crippen LogP contribution in [0.1, 0.15) is 63.9 Å². The van der Waals surface area contributed by atoms with Crippen molar-refractivity contribution in [1.29, 1.82) is 0 Å². The largest absolute Gasteiger partial charge is 0.454 e. The van der Waals surface area contributed by atoms with Crippen molar-refractivity contribution >= 4 is 0 Å². The van der Waals surface area contributed by atoms with Crippen LogP contribution in [-0.2, 0) is 0 Å². The molecule has 0 aliphatic carbocycles. The van der Waals surface area contributed by atoms with Gasteiger partial charge in [0.25, 0.3) is 0 Å². The maximum Gasteiger partial charge on any atom is 0.231 e. The van der Waals surface area contributed by atoms with Crippen LogP contribution in [0.2, 0.25) is 0 Å². The number of nitrogens with zero attached hydrogens (tertiary/aromatic N) is 1. The fraction of sp³-hybridized carbons (Fsp3) is 0.700. The summed E-state index contributed by atoms with van der Waals surface area (Å²) in [6.45, 7) is 8.82. The first-order valence-corrected chi connectivity index (χ1v) is 9.34. The summed E-state index contributed by atoms with van der Waals surface area (Å²) < 4.78 is 11.0. The van der Waals surface area contributed by atoms with E-state index >= 15 is 0 Å². The third-order valence-corrected chi connectivity index (χ3v) is 5.20. The molecule has 1 atom stereocenters. The Labute approximate surface area is 141 Å². The number of hydrogen-bond acceptors (Lipinski definition) is 3. The fourth-order valence-electron chi connectivity index (χ4n) is 3.70. The summed E-state index contributed by atoms with van der Waals surface area (Å²) in [4.78, 5) is 2.65. The van der Waals surface area contributed by atoms with Crippen LogP contribution < -0.4 is 9.47 Å². The van der Waals surface area contributed by atoms with Crippen molar-refractivity contribution in [3.8, 4) is 11.5 Å². The van der Waals surface area contributed by atoms with E-state index in [1.165, 1.54) is 63.7 Å². The molecule has 0 saturated carbocycles. The number of piperidine rings is 1. The van der Waals surface area contributed by atoms with Gasteiger partial charge in [-0.05, 0) is 74.8 Å². The Hall–Kier alpha value is -1.22. The van der Waals surface area contributed by atoms with Crippen LogP contribution in [0.25, 0.3) is 0 Å². The summed E-state index contributed by atoms with van der Waals surface area (Å²) in [6, 6.07) is 6.54. The van der Waals surface area contributed by atoms with E-state index in [-0.39, 0.29) is 0 Å². The highest BCUT2D eigenvalue weighted by atomic mass is 16.7. The normalized spacial score (nSPS) is 19.3. The lowest BCUT2D eigenvalue weighted by Crippen LogP contribution is -2.31. The van der Waals surface area contributed by atoms with Gasteiger partial charge in [0.05, 0.1) is 0 Å². The third kappa shape index (κ3) is 4.63. The van der Waals surface area contributed by atoms with Crippen molar-refractivity contribution in [2.75, 3.05) is 26.4 Å². The molecule has 3 rings (SSSR count). The molecule has 0 aromatic heterocycles. The Morgan fingerprint density at radius 3 is 2.52 bits per heavy atom. The van der Waals surface area contributed by atoms with E-state index in [4.69, 9.17) is 9.47 Å². The molecule has 0 amide bonds. The van der Waals surface area contributed by atoms with E-state index in [2.05, 4.69) is 36.9 Å². The molecule has 1 aromatic rings. The zero-order chi connectivity index (χ0) is 16.1. The first kappa shape index (κ1) is 16.6. The number of ether oxygens (including phenoxy) is 2. The molecule has 3 heteroatoms. The third-order valence-electron chi connectivity index (χ3n) is 5.20. The monoisotopic (exact) mass is 317 g/mol.